The number of phenolic OH excluding ortho intramolecular Hbond substituents is 1. The molecule has 0 aliphatic heterocycles. The van der Waals surface area contributed by atoms with Gasteiger partial charge in [-0.15, -0.1) is 0 Å². The van der Waals surface area contributed by atoms with Crippen LogP contribution < -0.4 is 5.43 Å². The predicted molar refractivity (Wildman–Crippen MR) is 118 cm³/mol. The number of benzene rings is 3. The van der Waals surface area contributed by atoms with Crippen molar-refractivity contribution in [2.75, 3.05) is 0 Å². The summed E-state index contributed by atoms with van der Waals surface area (Å²) in [5.74, 6) is -0.595. The molecule has 1 amide bonds. The Balaban J connectivity index is 1.78. The first kappa shape index (κ1) is 19.0. The molecular weight excluding hydrogens is 430 g/mol. The quantitative estimate of drug-likeness (QED) is 0.347. The van der Waals surface area contributed by atoms with Crippen molar-refractivity contribution in [1.29, 1.82) is 0 Å². The van der Waals surface area contributed by atoms with Gasteiger partial charge in [0.25, 0.3) is 5.91 Å². The SMILES string of the molecule is Cn1c(/C(=N\NC(=O)c2cc(Br)ccc2O)c2ccccc2)cc2ccccc21. The summed E-state index contributed by atoms with van der Waals surface area (Å²) in [6, 6.07) is 24.5. The van der Waals surface area contributed by atoms with Crippen molar-refractivity contribution in [2.45, 2.75) is 0 Å². The number of aryl methyl sites for hydroxylation is 1. The van der Waals surface area contributed by atoms with Gasteiger partial charge in [0.05, 0.1) is 11.3 Å². The Morgan fingerprint density at radius 2 is 1.72 bits per heavy atom. The van der Waals surface area contributed by atoms with Crippen LogP contribution in [0.5, 0.6) is 5.75 Å². The molecule has 5 nitrogen and oxygen atoms in total. The fourth-order valence-corrected chi connectivity index (χ4v) is 3.60. The van der Waals surface area contributed by atoms with E-state index in [1.165, 1.54) is 6.07 Å². The summed E-state index contributed by atoms with van der Waals surface area (Å²) in [6.07, 6.45) is 0. The lowest BCUT2D eigenvalue weighted by molar-refractivity contribution is 0.0952. The number of rotatable bonds is 4. The molecule has 29 heavy (non-hydrogen) atoms. The molecule has 0 unspecified atom stereocenters. The molecule has 0 fully saturated rings. The number of carbonyl (C=O) groups is 1. The third-order valence-electron chi connectivity index (χ3n) is 4.71. The van der Waals surface area contributed by atoms with Gasteiger partial charge in [-0.1, -0.05) is 64.5 Å². The molecule has 144 valence electrons. The molecule has 0 saturated heterocycles. The minimum Gasteiger partial charge on any atom is -0.507 e. The average Bonchev–Trinajstić information content (AvgIpc) is 3.07. The van der Waals surface area contributed by atoms with E-state index in [1.54, 1.807) is 12.1 Å². The molecule has 0 spiro atoms. The zero-order valence-corrected chi connectivity index (χ0v) is 17.2. The Bertz CT molecular complexity index is 1230. The van der Waals surface area contributed by atoms with Crippen LogP contribution in [0.4, 0.5) is 0 Å². The van der Waals surface area contributed by atoms with Crippen LogP contribution in [-0.2, 0) is 7.05 Å². The largest absolute Gasteiger partial charge is 0.507 e. The number of hydrogen-bond acceptors (Lipinski definition) is 3. The van der Waals surface area contributed by atoms with E-state index < -0.39 is 5.91 Å². The van der Waals surface area contributed by atoms with Gasteiger partial charge in [0.15, 0.2) is 0 Å². The summed E-state index contributed by atoms with van der Waals surface area (Å²) in [7, 11) is 1.97. The molecule has 0 aliphatic carbocycles. The summed E-state index contributed by atoms with van der Waals surface area (Å²) in [6.45, 7) is 0. The van der Waals surface area contributed by atoms with Crippen LogP contribution in [0.15, 0.2) is 88.4 Å². The van der Waals surface area contributed by atoms with Crippen molar-refractivity contribution >= 4 is 38.5 Å². The number of phenols is 1. The maximum atomic E-state index is 12.6. The van der Waals surface area contributed by atoms with Gasteiger partial charge in [0, 0.05) is 28.0 Å². The lowest BCUT2D eigenvalue weighted by Crippen LogP contribution is -2.21. The van der Waals surface area contributed by atoms with E-state index in [-0.39, 0.29) is 11.3 Å². The summed E-state index contributed by atoms with van der Waals surface area (Å²) in [5, 5.41) is 15.5. The minimum atomic E-state index is -0.490. The number of nitrogens with zero attached hydrogens (tertiary/aromatic N) is 2. The van der Waals surface area contributed by atoms with Crippen LogP contribution in [0.25, 0.3) is 10.9 Å². The first-order valence-corrected chi connectivity index (χ1v) is 9.80. The lowest BCUT2D eigenvalue weighted by Gasteiger charge is -2.10. The molecule has 0 bridgehead atoms. The van der Waals surface area contributed by atoms with E-state index in [0.717, 1.165) is 22.2 Å². The molecule has 1 aromatic heterocycles. The molecular formula is C23H18BrN3O2. The number of aromatic nitrogens is 1. The van der Waals surface area contributed by atoms with E-state index in [1.807, 2.05) is 72.3 Å². The van der Waals surface area contributed by atoms with Crippen LogP contribution >= 0.6 is 15.9 Å². The number of amides is 1. The highest BCUT2D eigenvalue weighted by molar-refractivity contribution is 9.10. The maximum absolute atomic E-state index is 12.6. The summed E-state index contributed by atoms with van der Waals surface area (Å²) in [5.41, 5.74) is 6.18. The van der Waals surface area contributed by atoms with Crippen molar-refractivity contribution in [2.24, 2.45) is 12.1 Å². The molecule has 6 heteroatoms. The van der Waals surface area contributed by atoms with Gasteiger partial charge in [0.1, 0.15) is 11.5 Å². The summed E-state index contributed by atoms with van der Waals surface area (Å²) < 4.78 is 2.74. The van der Waals surface area contributed by atoms with Gasteiger partial charge < -0.3 is 9.67 Å². The molecule has 4 rings (SSSR count). The van der Waals surface area contributed by atoms with Crippen LogP contribution in [0.2, 0.25) is 0 Å². The molecule has 4 aromatic rings. The summed E-state index contributed by atoms with van der Waals surface area (Å²) in [4.78, 5) is 12.6. The van der Waals surface area contributed by atoms with Gasteiger partial charge >= 0.3 is 0 Å². The minimum absolute atomic E-state index is 0.105. The number of aromatic hydroxyl groups is 1. The maximum Gasteiger partial charge on any atom is 0.275 e. The number of nitrogens with one attached hydrogen (secondary N) is 1. The normalized spacial score (nSPS) is 11.6. The van der Waals surface area contributed by atoms with Crippen LogP contribution in [0.1, 0.15) is 21.6 Å². The molecule has 0 atom stereocenters. The number of hydrogen-bond donors (Lipinski definition) is 2. The van der Waals surface area contributed by atoms with Crippen LogP contribution in [-0.4, -0.2) is 21.3 Å². The zero-order valence-electron chi connectivity index (χ0n) is 15.6. The number of para-hydroxylation sites is 1. The van der Waals surface area contributed by atoms with Crippen molar-refractivity contribution < 1.29 is 9.90 Å². The average molecular weight is 448 g/mol. The Labute approximate surface area is 176 Å². The van der Waals surface area contributed by atoms with E-state index in [9.17, 15) is 9.90 Å². The van der Waals surface area contributed by atoms with Gasteiger partial charge in [-0.2, -0.15) is 5.10 Å². The van der Waals surface area contributed by atoms with Crippen molar-refractivity contribution in [1.82, 2.24) is 9.99 Å². The smallest absolute Gasteiger partial charge is 0.275 e. The fourth-order valence-electron chi connectivity index (χ4n) is 3.24. The fraction of sp³-hybridized carbons (Fsp3) is 0.0435. The van der Waals surface area contributed by atoms with E-state index in [4.69, 9.17) is 0 Å². The van der Waals surface area contributed by atoms with Gasteiger partial charge in [-0.3, -0.25) is 4.79 Å². The molecule has 1 heterocycles. The second-order valence-electron chi connectivity index (χ2n) is 6.58. The molecule has 3 aromatic carbocycles. The standard InChI is InChI=1S/C23H18BrN3O2/c1-27-19-10-6-5-9-16(19)13-20(27)22(15-7-3-2-4-8-15)25-26-23(29)18-14-17(24)11-12-21(18)28/h2-14,28H,1H3,(H,26,29)/b25-22-. The lowest BCUT2D eigenvalue weighted by atomic mass is 10.1. The van der Waals surface area contributed by atoms with Crippen LogP contribution in [0.3, 0.4) is 0 Å². The van der Waals surface area contributed by atoms with Crippen molar-refractivity contribution in [3.8, 4) is 5.75 Å². The highest BCUT2D eigenvalue weighted by Crippen LogP contribution is 2.23. The third-order valence-corrected chi connectivity index (χ3v) is 5.21. The summed E-state index contributed by atoms with van der Waals surface area (Å²) >= 11 is 3.32. The van der Waals surface area contributed by atoms with Gasteiger partial charge in [-0.05, 0) is 30.3 Å². The predicted octanol–water partition coefficient (Wildman–Crippen LogP) is 4.83. The van der Waals surface area contributed by atoms with Gasteiger partial charge in [0.2, 0.25) is 0 Å². The van der Waals surface area contributed by atoms with E-state index >= 15 is 0 Å². The number of hydrazone groups is 1. The second kappa shape index (κ2) is 7.93. The Morgan fingerprint density at radius 3 is 2.48 bits per heavy atom. The Hall–Kier alpha value is -3.38. The second-order valence-corrected chi connectivity index (χ2v) is 7.49. The molecule has 0 saturated carbocycles. The highest BCUT2D eigenvalue weighted by atomic mass is 79.9. The first-order valence-electron chi connectivity index (χ1n) is 9.01. The van der Waals surface area contributed by atoms with Crippen molar-refractivity contribution in [3.05, 3.63) is 100 Å². The van der Waals surface area contributed by atoms with E-state index in [2.05, 4.69) is 26.5 Å². The molecule has 2 N–H and O–H groups in total. The highest BCUT2D eigenvalue weighted by Gasteiger charge is 2.16. The van der Waals surface area contributed by atoms with E-state index in [0.29, 0.717) is 10.2 Å². The monoisotopic (exact) mass is 447 g/mol. The Morgan fingerprint density at radius 1 is 1.00 bits per heavy atom. The Kier molecular flexibility index (Phi) is 5.18. The number of halogens is 1. The molecule has 0 aliphatic rings. The van der Waals surface area contributed by atoms with Crippen LogP contribution in [0, 0.1) is 0 Å². The number of carbonyl (C=O) groups excluding carboxylic acids is 1. The number of fused-ring (bicyclic) bond motifs is 1. The molecule has 0 radical (unpaired) electrons. The first-order chi connectivity index (χ1) is 14.0. The van der Waals surface area contributed by atoms with Gasteiger partial charge in [-0.25, -0.2) is 5.43 Å². The third kappa shape index (κ3) is 3.79. The topological polar surface area (TPSA) is 66.6 Å². The zero-order chi connectivity index (χ0) is 20.4. The van der Waals surface area contributed by atoms with Crippen molar-refractivity contribution in [3.63, 3.8) is 0 Å².